The standard InChI is InChI=1S/C21H21NO8/c1-27-18-10-15(11-19(28-2)21(18)29-3)13-30-20(24)12-17(23)8-7-14-5-4-6-16(9-14)22(25)26/h4-11H,12-13H2,1-3H3. The molecule has 0 amide bonds. The Morgan fingerprint density at radius 3 is 2.27 bits per heavy atom. The Morgan fingerprint density at radius 1 is 1.03 bits per heavy atom. The van der Waals surface area contributed by atoms with E-state index in [0.717, 1.165) is 0 Å². The summed E-state index contributed by atoms with van der Waals surface area (Å²) in [4.78, 5) is 34.2. The molecule has 0 unspecified atom stereocenters. The summed E-state index contributed by atoms with van der Waals surface area (Å²) < 4.78 is 20.8. The SMILES string of the molecule is COc1cc(COC(=O)CC(=O)C=Cc2cccc([N+](=O)[O-])c2)cc(OC)c1OC. The van der Waals surface area contributed by atoms with Crippen LogP contribution in [0.4, 0.5) is 5.69 Å². The molecule has 2 aromatic carbocycles. The predicted octanol–water partition coefficient (Wildman–Crippen LogP) is 3.34. The maximum atomic E-state index is 12.0. The number of hydrogen-bond acceptors (Lipinski definition) is 8. The Morgan fingerprint density at radius 2 is 1.70 bits per heavy atom. The van der Waals surface area contributed by atoms with Crippen LogP contribution in [0.3, 0.4) is 0 Å². The Bertz CT molecular complexity index is 942. The molecule has 0 radical (unpaired) electrons. The van der Waals surface area contributed by atoms with Crippen molar-refractivity contribution >= 4 is 23.5 Å². The average Bonchev–Trinajstić information content (AvgIpc) is 2.75. The van der Waals surface area contributed by atoms with Crippen LogP contribution < -0.4 is 14.2 Å². The summed E-state index contributed by atoms with van der Waals surface area (Å²) >= 11 is 0. The van der Waals surface area contributed by atoms with Gasteiger partial charge in [-0.15, -0.1) is 0 Å². The summed E-state index contributed by atoms with van der Waals surface area (Å²) in [5, 5.41) is 10.8. The number of esters is 1. The van der Waals surface area contributed by atoms with E-state index in [1.807, 2.05) is 0 Å². The third kappa shape index (κ3) is 6.06. The average molecular weight is 415 g/mol. The minimum atomic E-state index is -0.711. The summed E-state index contributed by atoms with van der Waals surface area (Å²) in [5.41, 5.74) is 0.982. The molecule has 0 spiro atoms. The molecular weight excluding hydrogens is 394 g/mol. The van der Waals surface area contributed by atoms with Crippen LogP contribution in [0.25, 0.3) is 6.08 Å². The zero-order valence-electron chi connectivity index (χ0n) is 16.7. The van der Waals surface area contributed by atoms with Gasteiger partial charge < -0.3 is 18.9 Å². The topological polar surface area (TPSA) is 114 Å². The molecular formula is C21H21NO8. The number of nitro benzene ring substituents is 1. The quantitative estimate of drug-likeness (QED) is 0.191. The number of ether oxygens (including phenoxy) is 4. The fourth-order valence-corrected chi connectivity index (χ4v) is 2.57. The third-order valence-electron chi connectivity index (χ3n) is 3.99. The Hall–Kier alpha value is -3.88. The second kappa shape index (κ2) is 10.6. The number of rotatable bonds is 10. The molecule has 0 saturated heterocycles. The van der Waals surface area contributed by atoms with Gasteiger partial charge in [-0.3, -0.25) is 19.7 Å². The predicted molar refractivity (Wildman–Crippen MR) is 108 cm³/mol. The van der Waals surface area contributed by atoms with Crippen molar-refractivity contribution in [1.82, 2.24) is 0 Å². The maximum Gasteiger partial charge on any atom is 0.314 e. The lowest BCUT2D eigenvalue weighted by Gasteiger charge is -2.14. The van der Waals surface area contributed by atoms with Crippen LogP contribution in [0.15, 0.2) is 42.5 Å². The number of carbonyl (C=O) groups is 2. The van der Waals surface area contributed by atoms with Gasteiger partial charge in [0.2, 0.25) is 5.75 Å². The highest BCUT2D eigenvalue weighted by atomic mass is 16.6. The van der Waals surface area contributed by atoms with Crippen LogP contribution in [0.2, 0.25) is 0 Å². The molecule has 2 aromatic rings. The van der Waals surface area contributed by atoms with Crippen LogP contribution in [0.1, 0.15) is 17.5 Å². The van der Waals surface area contributed by atoms with Crippen LogP contribution in [0.5, 0.6) is 17.2 Å². The molecule has 0 N–H and O–H groups in total. The van der Waals surface area contributed by atoms with Crippen LogP contribution in [-0.4, -0.2) is 38.0 Å². The van der Waals surface area contributed by atoms with E-state index in [1.54, 1.807) is 18.2 Å². The van der Waals surface area contributed by atoms with Crippen molar-refractivity contribution in [2.45, 2.75) is 13.0 Å². The summed E-state index contributed by atoms with van der Waals surface area (Å²) in [6.45, 7) is -0.0859. The van der Waals surface area contributed by atoms with Crippen molar-refractivity contribution in [3.8, 4) is 17.2 Å². The summed E-state index contributed by atoms with van der Waals surface area (Å²) in [7, 11) is 4.42. The van der Waals surface area contributed by atoms with Crippen molar-refractivity contribution in [1.29, 1.82) is 0 Å². The van der Waals surface area contributed by atoms with Gasteiger partial charge in [0, 0.05) is 12.1 Å². The molecule has 0 aliphatic heterocycles. The van der Waals surface area contributed by atoms with Gasteiger partial charge in [0.1, 0.15) is 13.0 Å². The van der Waals surface area contributed by atoms with E-state index in [0.29, 0.717) is 28.4 Å². The first-order valence-electron chi connectivity index (χ1n) is 8.77. The third-order valence-corrected chi connectivity index (χ3v) is 3.99. The summed E-state index contributed by atoms with van der Waals surface area (Å²) in [5.74, 6) is 0.0445. The van der Waals surface area contributed by atoms with Crippen molar-refractivity contribution < 1.29 is 33.5 Å². The highest BCUT2D eigenvalue weighted by Crippen LogP contribution is 2.38. The number of nitrogens with zero attached hydrogens (tertiary/aromatic N) is 1. The lowest BCUT2D eigenvalue weighted by Crippen LogP contribution is -2.10. The molecule has 2 rings (SSSR count). The van der Waals surface area contributed by atoms with Gasteiger partial charge in [-0.2, -0.15) is 0 Å². The molecule has 0 saturated carbocycles. The number of nitro groups is 1. The molecule has 9 nitrogen and oxygen atoms in total. The summed E-state index contributed by atoms with van der Waals surface area (Å²) in [6, 6.07) is 9.07. The molecule has 0 aromatic heterocycles. The van der Waals surface area contributed by atoms with E-state index in [9.17, 15) is 19.7 Å². The van der Waals surface area contributed by atoms with Gasteiger partial charge >= 0.3 is 5.97 Å². The molecule has 9 heteroatoms. The minimum absolute atomic E-state index is 0.0859. The van der Waals surface area contributed by atoms with Crippen molar-refractivity contribution in [2.24, 2.45) is 0 Å². The zero-order valence-corrected chi connectivity index (χ0v) is 16.7. The molecule has 0 bridgehead atoms. The molecule has 158 valence electrons. The van der Waals surface area contributed by atoms with E-state index in [1.165, 1.54) is 51.7 Å². The number of ketones is 1. The van der Waals surface area contributed by atoms with Crippen LogP contribution >= 0.6 is 0 Å². The largest absolute Gasteiger partial charge is 0.493 e. The lowest BCUT2D eigenvalue weighted by molar-refractivity contribution is -0.384. The van der Waals surface area contributed by atoms with E-state index in [4.69, 9.17) is 18.9 Å². The van der Waals surface area contributed by atoms with Crippen LogP contribution in [0, 0.1) is 10.1 Å². The minimum Gasteiger partial charge on any atom is -0.493 e. The van der Waals surface area contributed by atoms with Gasteiger partial charge in [-0.25, -0.2) is 0 Å². The smallest absolute Gasteiger partial charge is 0.314 e. The Kier molecular flexibility index (Phi) is 7.92. The number of allylic oxidation sites excluding steroid dienone is 1. The van der Waals surface area contributed by atoms with Crippen molar-refractivity contribution in [2.75, 3.05) is 21.3 Å². The second-order valence-corrected chi connectivity index (χ2v) is 6.02. The van der Waals surface area contributed by atoms with Gasteiger partial charge in [0.25, 0.3) is 5.69 Å². The van der Waals surface area contributed by atoms with E-state index in [2.05, 4.69) is 0 Å². The van der Waals surface area contributed by atoms with Crippen LogP contribution in [-0.2, 0) is 20.9 Å². The maximum absolute atomic E-state index is 12.0. The van der Waals surface area contributed by atoms with Gasteiger partial charge in [-0.1, -0.05) is 18.2 Å². The normalized spacial score (nSPS) is 10.5. The van der Waals surface area contributed by atoms with Crippen molar-refractivity contribution in [3.63, 3.8) is 0 Å². The number of carbonyl (C=O) groups excluding carboxylic acids is 2. The lowest BCUT2D eigenvalue weighted by atomic mass is 10.1. The molecule has 0 fully saturated rings. The van der Waals surface area contributed by atoms with E-state index < -0.39 is 23.1 Å². The molecule has 0 heterocycles. The number of non-ortho nitro benzene ring substituents is 1. The fraction of sp³-hybridized carbons (Fsp3) is 0.238. The van der Waals surface area contributed by atoms with E-state index >= 15 is 0 Å². The number of hydrogen-bond donors (Lipinski definition) is 0. The highest BCUT2D eigenvalue weighted by molar-refractivity contribution is 6.03. The molecule has 0 aliphatic rings. The fourth-order valence-electron chi connectivity index (χ4n) is 2.57. The second-order valence-electron chi connectivity index (χ2n) is 6.02. The molecule has 30 heavy (non-hydrogen) atoms. The van der Waals surface area contributed by atoms with Crippen molar-refractivity contribution in [3.05, 3.63) is 63.7 Å². The number of benzene rings is 2. The zero-order chi connectivity index (χ0) is 22.1. The molecule has 0 aliphatic carbocycles. The molecule has 0 atom stereocenters. The Labute approximate surface area is 173 Å². The summed E-state index contributed by atoms with van der Waals surface area (Å²) in [6.07, 6.45) is 2.12. The van der Waals surface area contributed by atoms with Gasteiger partial charge in [0.15, 0.2) is 17.3 Å². The highest BCUT2D eigenvalue weighted by Gasteiger charge is 2.15. The van der Waals surface area contributed by atoms with Gasteiger partial charge in [-0.05, 0) is 29.3 Å². The van der Waals surface area contributed by atoms with E-state index in [-0.39, 0.29) is 12.3 Å². The number of methoxy groups -OCH3 is 3. The monoisotopic (exact) mass is 415 g/mol. The first-order chi connectivity index (χ1) is 14.4. The Balaban J connectivity index is 1.95. The van der Waals surface area contributed by atoms with Gasteiger partial charge in [0.05, 0.1) is 26.3 Å². The first-order valence-corrected chi connectivity index (χ1v) is 8.77. The first kappa shape index (κ1) is 22.4.